The van der Waals surface area contributed by atoms with Crippen LogP contribution in [0.4, 0.5) is 5.69 Å². The molecule has 0 radical (unpaired) electrons. The molecule has 20 heavy (non-hydrogen) atoms. The minimum atomic E-state index is 0.487. The minimum Gasteiger partial charge on any atom is -0.369 e. The van der Waals surface area contributed by atoms with Crippen LogP contribution in [0.5, 0.6) is 0 Å². The molecule has 2 unspecified atom stereocenters. The summed E-state index contributed by atoms with van der Waals surface area (Å²) < 4.78 is 0. The van der Waals surface area contributed by atoms with Crippen LogP contribution in [0.3, 0.4) is 0 Å². The number of halogens is 1. The normalized spacial score (nSPS) is 23.4. The highest BCUT2D eigenvalue weighted by atomic mass is 35.5. The molecule has 0 bridgehead atoms. The molecule has 0 aliphatic carbocycles. The Kier molecular flexibility index (Phi) is 5.34. The Morgan fingerprint density at radius 1 is 1.35 bits per heavy atom. The van der Waals surface area contributed by atoms with Crippen molar-refractivity contribution in [2.75, 3.05) is 11.4 Å². The highest BCUT2D eigenvalue weighted by molar-refractivity contribution is 6.30. The van der Waals surface area contributed by atoms with E-state index < -0.39 is 0 Å². The topological polar surface area (TPSA) is 15.3 Å². The summed E-state index contributed by atoms with van der Waals surface area (Å²) in [6, 6.07) is 7.40. The Morgan fingerprint density at radius 3 is 2.75 bits per heavy atom. The van der Waals surface area contributed by atoms with E-state index in [1.807, 2.05) is 6.07 Å². The first-order valence-electron chi connectivity index (χ1n) is 7.75. The van der Waals surface area contributed by atoms with Gasteiger partial charge in [0.05, 0.1) is 0 Å². The van der Waals surface area contributed by atoms with E-state index in [0.717, 1.165) is 24.0 Å². The summed E-state index contributed by atoms with van der Waals surface area (Å²) in [5.41, 5.74) is 2.66. The van der Waals surface area contributed by atoms with Crippen molar-refractivity contribution in [1.29, 1.82) is 0 Å². The summed E-state index contributed by atoms with van der Waals surface area (Å²) >= 11 is 6.18. The Balaban J connectivity index is 2.21. The fourth-order valence-electron chi connectivity index (χ4n) is 3.06. The molecule has 1 saturated heterocycles. The van der Waals surface area contributed by atoms with Crippen molar-refractivity contribution in [1.82, 2.24) is 5.32 Å². The van der Waals surface area contributed by atoms with Gasteiger partial charge in [0.2, 0.25) is 0 Å². The minimum absolute atomic E-state index is 0.487. The van der Waals surface area contributed by atoms with E-state index in [1.165, 1.54) is 24.1 Å². The maximum atomic E-state index is 6.18. The molecule has 112 valence electrons. The van der Waals surface area contributed by atoms with Gasteiger partial charge in [-0.3, -0.25) is 0 Å². The second kappa shape index (κ2) is 6.82. The molecule has 2 rings (SSSR count). The van der Waals surface area contributed by atoms with Gasteiger partial charge in [-0.25, -0.2) is 0 Å². The number of rotatable bonds is 4. The van der Waals surface area contributed by atoms with E-state index in [9.17, 15) is 0 Å². The van der Waals surface area contributed by atoms with Gasteiger partial charge in [-0.05, 0) is 49.4 Å². The maximum Gasteiger partial charge on any atom is 0.0415 e. The van der Waals surface area contributed by atoms with Crippen LogP contribution in [0.25, 0.3) is 0 Å². The molecule has 0 saturated carbocycles. The Hall–Kier alpha value is -0.730. The maximum absolute atomic E-state index is 6.18. The van der Waals surface area contributed by atoms with Crippen molar-refractivity contribution in [3.63, 3.8) is 0 Å². The largest absolute Gasteiger partial charge is 0.369 e. The lowest BCUT2D eigenvalue weighted by Crippen LogP contribution is -2.41. The van der Waals surface area contributed by atoms with Crippen LogP contribution in [0.1, 0.15) is 46.1 Å². The lowest BCUT2D eigenvalue weighted by atomic mass is 9.92. The SMILES string of the molecule is CC1CCN(c2ccc(Cl)cc2CNC(C)C)C(C)C1. The summed E-state index contributed by atoms with van der Waals surface area (Å²) in [4.78, 5) is 2.55. The first-order valence-corrected chi connectivity index (χ1v) is 8.13. The number of hydrogen-bond donors (Lipinski definition) is 1. The van der Waals surface area contributed by atoms with Gasteiger partial charge >= 0.3 is 0 Å². The monoisotopic (exact) mass is 294 g/mol. The van der Waals surface area contributed by atoms with Gasteiger partial charge in [-0.2, -0.15) is 0 Å². The first-order chi connectivity index (χ1) is 9.47. The van der Waals surface area contributed by atoms with Crippen molar-refractivity contribution >= 4 is 17.3 Å². The van der Waals surface area contributed by atoms with E-state index in [0.29, 0.717) is 12.1 Å². The summed E-state index contributed by atoms with van der Waals surface area (Å²) in [5, 5.41) is 4.33. The number of piperidine rings is 1. The third-order valence-corrected chi connectivity index (χ3v) is 4.43. The molecule has 3 heteroatoms. The quantitative estimate of drug-likeness (QED) is 0.882. The molecule has 0 spiro atoms. The molecule has 2 atom stereocenters. The van der Waals surface area contributed by atoms with Gasteiger partial charge in [0.15, 0.2) is 0 Å². The fourth-order valence-corrected chi connectivity index (χ4v) is 3.25. The summed E-state index contributed by atoms with van der Waals surface area (Å²) in [5.74, 6) is 0.839. The smallest absolute Gasteiger partial charge is 0.0415 e. The zero-order valence-corrected chi connectivity index (χ0v) is 13.9. The Labute approximate surface area is 128 Å². The molecule has 1 N–H and O–H groups in total. The van der Waals surface area contributed by atoms with Crippen LogP contribution in [0.2, 0.25) is 5.02 Å². The van der Waals surface area contributed by atoms with Gasteiger partial charge in [0.1, 0.15) is 0 Å². The molecule has 2 nitrogen and oxygen atoms in total. The third kappa shape index (κ3) is 3.89. The van der Waals surface area contributed by atoms with E-state index >= 15 is 0 Å². The van der Waals surface area contributed by atoms with E-state index in [4.69, 9.17) is 11.6 Å². The zero-order valence-electron chi connectivity index (χ0n) is 13.1. The molecular formula is C17H27ClN2. The van der Waals surface area contributed by atoms with E-state index in [1.54, 1.807) is 0 Å². The third-order valence-electron chi connectivity index (χ3n) is 4.19. The van der Waals surface area contributed by atoms with Crippen molar-refractivity contribution in [3.8, 4) is 0 Å². The number of hydrogen-bond acceptors (Lipinski definition) is 2. The molecule has 1 aliphatic rings. The number of benzene rings is 1. The van der Waals surface area contributed by atoms with Crippen molar-refractivity contribution in [2.45, 2.75) is 59.2 Å². The lowest BCUT2D eigenvalue weighted by Gasteiger charge is -2.39. The fraction of sp³-hybridized carbons (Fsp3) is 0.647. The molecule has 1 aromatic carbocycles. The highest BCUT2D eigenvalue weighted by Crippen LogP contribution is 2.31. The number of nitrogens with zero attached hydrogens (tertiary/aromatic N) is 1. The summed E-state index contributed by atoms with van der Waals surface area (Å²) in [6.07, 6.45) is 2.56. The van der Waals surface area contributed by atoms with Crippen LogP contribution < -0.4 is 10.2 Å². The van der Waals surface area contributed by atoms with Crippen molar-refractivity contribution in [2.24, 2.45) is 5.92 Å². The summed E-state index contributed by atoms with van der Waals surface area (Å²) in [7, 11) is 0. The van der Waals surface area contributed by atoms with E-state index in [-0.39, 0.29) is 0 Å². The van der Waals surface area contributed by atoms with Crippen LogP contribution in [0, 0.1) is 5.92 Å². The molecule has 1 aromatic rings. The van der Waals surface area contributed by atoms with Crippen LogP contribution in [0.15, 0.2) is 18.2 Å². The zero-order chi connectivity index (χ0) is 14.7. The Bertz CT molecular complexity index is 445. The van der Waals surface area contributed by atoms with Crippen molar-refractivity contribution in [3.05, 3.63) is 28.8 Å². The number of nitrogens with one attached hydrogen (secondary N) is 1. The van der Waals surface area contributed by atoms with Gasteiger partial charge in [-0.1, -0.05) is 32.4 Å². The molecular weight excluding hydrogens is 268 g/mol. The van der Waals surface area contributed by atoms with Gasteiger partial charge in [-0.15, -0.1) is 0 Å². The number of anilines is 1. The van der Waals surface area contributed by atoms with Gasteiger partial charge in [0.25, 0.3) is 0 Å². The van der Waals surface area contributed by atoms with Crippen molar-refractivity contribution < 1.29 is 0 Å². The summed E-state index contributed by atoms with van der Waals surface area (Å²) in [6.45, 7) is 11.1. The van der Waals surface area contributed by atoms with Crippen LogP contribution in [-0.2, 0) is 6.54 Å². The van der Waals surface area contributed by atoms with Gasteiger partial charge < -0.3 is 10.2 Å². The average molecular weight is 295 g/mol. The predicted molar refractivity (Wildman–Crippen MR) is 88.6 cm³/mol. The second-order valence-electron chi connectivity index (χ2n) is 6.48. The Morgan fingerprint density at radius 2 is 2.10 bits per heavy atom. The van der Waals surface area contributed by atoms with E-state index in [2.05, 4.69) is 50.0 Å². The van der Waals surface area contributed by atoms with Gasteiger partial charge in [0, 0.05) is 35.9 Å². The molecule has 0 amide bonds. The molecule has 0 aromatic heterocycles. The molecule has 1 fully saturated rings. The standard InChI is InChI=1S/C17H27ClN2/c1-12(2)19-11-15-10-16(18)5-6-17(15)20-8-7-13(3)9-14(20)4/h5-6,10,12-14,19H,7-9,11H2,1-4H3. The molecule has 1 aliphatic heterocycles. The first kappa shape index (κ1) is 15.7. The lowest BCUT2D eigenvalue weighted by molar-refractivity contribution is 0.377. The molecule has 1 heterocycles. The second-order valence-corrected chi connectivity index (χ2v) is 6.92. The predicted octanol–water partition coefficient (Wildman–Crippen LogP) is 4.46. The average Bonchev–Trinajstić information content (AvgIpc) is 2.37. The van der Waals surface area contributed by atoms with Crippen LogP contribution >= 0.6 is 11.6 Å². The highest BCUT2D eigenvalue weighted by Gasteiger charge is 2.24. The van der Waals surface area contributed by atoms with Crippen LogP contribution in [-0.4, -0.2) is 18.6 Å².